The molecule has 1 atom stereocenters. The lowest BCUT2D eigenvalue weighted by Gasteiger charge is -2.08. The highest BCUT2D eigenvalue weighted by molar-refractivity contribution is 5.84. The summed E-state index contributed by atoms with van der Waals surface area (Å²) in [5, 5.41) is 14.0. The third-order valence-electron chi connectivity index (χ3n) is 1.13. The van der Waals surface area contributed by atoms with Gasteiger partial charge in [-0.1, -0.05) is 11.2 Å². The van der Waals surface area contributed by atoms with E-state index in [0.29, 0.717) is 6.54 Å². The number of oxime groups is 1. The van der Waals surface area contributed by atoms with E-state index >= 15 is 0 Å². The molecule has 0 radical (unpaired) electrons. The molecule has 0 aliphatic rings. The van der Waals surface area contributed by atoms with Crippen LogP contribution in [-0.2, 0) is 0 Å². The van der Waals surface area contributed by atoms with Crippen LogP contribution in [0.5, 0.6) is 0 Å². The molecule has 4 N–H and O–H groups in total. The Morgan fingerprint density at radius 2 is 2.60 bits per heavy atom. The van der Waals surface area contributed by atoms with E-state index in [1.165, 1.54) is 0 Å². The van der Waals surface area contributed by atoms with Crippen LogP contribution in [0.2, 0.25) is 0 Å². The molecule has 0 saturated heterocycles. The monoisotopic (exact) mass is 143 g/mol. The van der Waals surface area contributed by atoms with Crippen molar-refractivity contribution in [3.8, 4) is 0 Å². The third kappa shape index (κ3) is 3.09. The molecular weight excluding hydrogens is 130 g/mol. The van der Waals surface area contributed by atoms with Crippen LogP contribution < -0.4 is 11.1 Å². The Morgan fingerprint density at radius 1 is 2.00 bits per heavy atom. The Hall–Kier alpha value is -1.03. The van der Waals surface area contributed by atoms with Crippen molar-refractivity contribution in [2.45, 2.75) is 13.0 Å². The van der Waals surface area contributed by atoms with Crippen molar-refractivity contribution in [3.05, 3.63) is 12.7 Å². The highest BCUT2D eigenvalue weighted by Crippen LogP contribution is 1.79. The van der Waals surface area contributed by atoms with Gasteiger partial charge in [-0.2, -0.15) is 0 Å². The Kier molecular flexibility index (Phi) is 4.32. The molecule has 0 heterocycles. The van der Waals surface area contributed by atoms with E-state index < -0.39 is 0 Å². The summed E-state index contributed by atoms with van der Waals surface area (Å²) in [6, 6.07) is -0.108. The lowest BCUT2D eigenvalue weighted by Crippen LogP contribution is -2.38. The molecule has 4 nitrogen and oxygen atoms in total. The molecule has 0 saturated carbocycles. The second kappa shape index (κ2) is 4.81. The highest BCUT2D eigenvalue weighted by atomic mass is 16.4. The van der Waals surface area contributed by atoms with Gasteiger partial charge in [0.15, 0.2) is 5.84 Å². The summed E-state index contributed by atoms with van der Waals surface area (Å²) in [7, 11) is 0. The third-order valence-corrected chi connectivity index (χ3v) is 1.13. The number of hydrogen-bond acceptors (Lipinski definition) is 3. The van der Waals surface area contributed by atoms with Crippen LogP contribution in [0, 0.1) is 0 Å². The van der Waals surface area contributed by atoms with Crippen LogP contribution in [0.4, 0.5) is 0 Å². The van der Waals surface area contributed by atoms with Gasteiger partial charge < -0.3 is 16.3 Å². The average molecular weight is 143 g/mol. The molecule has 0 spiro atoms. The molecule has 0 aliphatic heterocycles. The van der Waals surface area contributed by atoms with Gasteiger partial charge in [-0.3, -0.25) is 0 Å². The van der Waals surface area contributed by atoms with Crippen LogP contribution in [0.25, 0.3) is 0 Å². The summed E-state index contributed by atoms with van der Waals surface area (Å²) in [6.45, 7) is 5.97. The first-order chi connectivity index (χ1) is 4.72. The van der Waals surface area contributed by atoms with Crippen molar-refractivity contribution in [3.63, 3.8) is 0 Å². The van der Waals surface area contributed by atoms with Gasteiger partial charge in [0, 0.05) is 6.54 Å². The Morgan fingerprint density at radius 3 is 3.00 bits per heavy atom. The summed E-state index contributed by atoms with van der Waals surface area (Å²) < 4.78 is 0. The zero-order chi connectivity index (χ0) is 7.98. The maximum absolute atomic E-state index is 8.20. The molecule has 0 fully saturated rings. The smallest absolute Gasteiger partial charge is 0.156 e. The molecule has 58 valence electrons. The largest absolute Gasteiger partial charge is 0.409 e. The van der Waals surface area contributed by atoms with Crippen LogP contribution in [-0.4, -0.2) is 23.6 Å². The van der Waals surface area contributed by atoms with Crippen LogP contribution >= 0.6 is 0 Å². The topological polar surface area (TPSA) is 70.6 Å². The van der Waals surface area contributed by atoms with E-state index in [9.17, 15) is 0 Å². The average Bonchev–Trinajstić information content (AvgIpc) is 1.98. The SMILES string of the molecule is C=CCNC(C)C(N)=NO. The maximum Gasteiger partial charge on any atom is 0.156 e. The summed E-state index contributed by atoms with van der Waals surface area (Å²) in [6.07, 6.45) is 1.71. The second-order valence-electron chi connectivity index (χ2n) is 1.94. The first-order valence-electron chi connectivity index (χ1n) is 3.04. The molecule has 0 aromatic heterocycles. The van der Waals surface area contributed by atoms with Gasteiger partial charge >= 0.3 is 0 Å². The van der Waals surface area contributed by atoms with Crippen molar-refractivity contribution < 1.29 is 5.21 Å². The Labute approximate surface area is 60.4 Å². The molecule has 0 rings (SSSR count). The zero-order valence-electron chi connectivity index (χ0n) is 6.04. The lowest BCUT2D eigenvalue weighted by atomic mass is 10.3. The zero-order valence-corrected chi connectivity index (χ0v) is 6.04. The van der Waals surface area contributed by atoms with Gasteiger partial charge in [-0.15, -0.1) is 6.58 Å². The van der Waals surface area contributed by atoms with E-state index in [4.69, 9.17) is 10.9 Å². The van der Waals surface area contributed by atoms with Crippen molar-refractivity contribution in [2.75, 3.05) is 6.54 Å². The van der Waals surface area contributed by atoms with E-state index in [0.717, 1.165) is 0 Å². The fraction of sp³-hybridized carbons (Fsp3) is 0.500. The van der Waals surface area contributed by atoms with Crippen molar-refractivity contribution in [2.24, 2.45) is 10.9 Å². The van der Waals surface area contributed by atoms with Gasteiger partial charge in [0.1, 0.15) is 0 Å². The second-order valence-corrected chi connectivity index (χ2v) is 1.94. The molecule has 0 bridgehead atoms. The van der Waals surface area contributed by atoms with E-state index in [2.05, 4.69) is 17.1 Å². The Balaban J connectivity index is 3.61. The van der Waals surface area contributed by atoms with Crippen LogP contribution in [0.3, 0.4) is 0 Å². The predicted octanol–water partition coefficient (Wildman–Crippen LogP) is -0.103. The number of nitrogens with one attached hydrogen (secondary N) is 1. The minimum absolute atomic E-state index is 0.108. The molecule has 0 aliphatic carbocycles. The number of nitrogens with zero attached hydrogens (tertiary/aromatic N) is 1. The fourth-order valence-corrected chi connectivity index (χ4v) is 0.451. The van der Waals surface area contributed by atoms with Crippen LogP contribution in [0.1, 0.15) is 6.92 Å². The summed E-state index contributed by atoms with van der Waals surface area (Å²) >= 11 is 0. The molecule has 1 unspecified atom stereocenters. The number of amidine groups is 1. The number of rotatable bonds is 4. The summed E-state index contributed by atoms with van der Waals surface area (Å²) in [5.74, 6) is 0.182. The molecular formula is C6H13N3O. The summed E-state index contributed by atoms with van der Waals surface area (Å²) in [4.78, 5) is 0. The minimum atomic E-state index is -0.108. The molecule has 10 heavy (non-hydrogen) atoms. The van der Waals surface area contributed by atoms with E-state index in [1.807, 2.05) is 0 Å². The lowest BCUT2D eigenvalue weighted by molar-refractivity contribution is 0.315. The first kappa shape index (κ1) is 8.97. The fourth-order valence-electron chi connectivity index (χ4n) is 0.451. The van der Waals surface area contributed by atoms with E-state index in [1.54, 1.807) is 13.0 Å². The summed E-state index contributed by atoms with van der Waals surface area (Å²) in [5.41, 5.74) is 5.26. The van der Waals surface area contributed by atoms with Gasteiger partial charge in [-0.25, -0.2) is 0 Å². The van der Waals surface area contributed by atoms with Crippen molar-refractivity contribution in [1.82, 2.24) is 5.32 Å². The number of hydrogen-bond donors (Lipinski definition) is 3. The normalized spacial score (nSPS) is 14.7. The number of nitrogens with two attached hydrogens (primary N) is 1. The standard InChI is InChI=1S/C6H13N3O/c1-3-4-8-5(2)6(7)9-10/h3,5,8,10H,1,4H2,2H3,(H2,7,9). The molecule has 0 aromatic carbocycles. The Bertz CT molecular complexity index is 133. The van der Waals surface area contributed by atoms with Gasteiger partial charge in [0.05, 0.1) is 6.04 Å². The molecule has 0 amide bonds. The van der Waals surface area contributed by atoms with Gasteiger partial charge in [-0.05, 0) is 6.92 Å². The highest BCUT2D eigenvalue weighted by Gasteiger charge is 2.03. The first-order valence-corrected chi connectivity index (χ1v) is 3.04. The molecule has 0 aromatic rings. The van der Waals surface area contributed by atoms with Gasteiger partial charge in [0.25, 0.3) is 0 Å². The molecule has 4 heteroatoms. The van der Waals surface area contributed by atoms with Crippen molar-refractivity contribution in [1.29, 1.82) is 0 Å². The van der Waals surface area contributed by atoms with Crippen molar-refractivity contribution >= 4 is 5.84 Å². The van der Waals surface area contributed by atoms with Gasteiger partial charge in [0.2, 0.25) is 0 Å². The van der Waals surface area contributed by atoms with Crippen LogP contribution in [0.15, 0.2) is 17.8 Å². The quantitative estimate of drug-likeness (QED) is 0.169. The van der Waals surface area contributed by atoms with E-state index in [-0.39, 0.29) is 11.9 Å². The minimum Gasteiger partial charge on any atom is -0.409 e. The predicted molar refractivity (Wildman–Crippen MR) is 41.1 cm³/mol. The maximum atomic E-state index is 8.20.